The number of benzene rings is 2. The third-order valence-electron chi connectivity index (χ3n) is 6.29. The molecule has 0 radical (unpaired) electrons. The van der Waals surface area contributed by atoms with Gasteiger partial charge in [0.25, 0.3) is 0 Å². The fourth-order valence-corrected chi connectivity index (χ4v) is 5.54. The summed E-state index contributed by atoms with van der Waals surface area (Å²) in [4.78, 5) is 1.81. The standard InChI is InChI=1S/C26H29Cl2FN2O/c1-15(2)31(16(3)4)19-9-10-25(23(29)13-19)32-26-21-11-17(27)12-22(28)20(21)14-24(26)30-18-7-5-6-8-18/h9-13,18,24,26,30H,1,3,5-8,14H2,2,4H3/t24?,26-/m0/s1. The highest BCUT2D eigenvalue weighted by Crippen LogP contribution is 2.42. The monoisotopic (exact) mass is 474 g/mol. The number of rotatable bonds is 7. The number of fused-ring (bicyclic) bond motifs is 1. The van der Waals surface area contributed by atoms with Crippen LogP contribution in [0.3, 0.4) is 0 Å². The number of ether oxygens (including phenoxy) is 1. The van der Waals surface area contributed by atoms with Crippen LogP contribution >= 0.6 is 23.2 Å². The van der Waals surface area contributed by atoms with E-state index in [4.69, 9.17) is 27.9 Å². The molecule has 3 nitrogen and oxygen atoms in total. The highest BCUT2D eigenvalue weighted by molar-refractivity contribution is 6.35. The third kappa shape index (κ3) is 4.68. The number of nitrogens with zero attached hydrogens (tertiary/aromatic N) is 1. The molecule has 1 N–H and O–H groups in total. The molecule has 2 aliphatic carbocycles. The Morgan fingerprint density at radius 3 is 2.41 bits per heavy atom. The van der Waals surface area contributed by atoms with Gasteiger partial charge in [-0.2, -0.15) is 0 Å². The number of halogens is 3. The Labute approximate surface area is 199 Å². The summed E-state index contributed by atoms with van der Waals surface area (Å²) in [6.45, 7) is 11.7. The second-order valence-corrected chi connectivity index (χ2v) is 9.72. The van der Waals surface area contributed by atoms with Gasteiger partial charge in [-0.1, -0.05) is 49.2 Å². The van der Waals surface area contributed by atoms with E-state index in [0.717, 1.165) is 41.8 Å². The highest BCUT2D eigenvalue weighted by Gasteiger charge is 2.38. The van der Waals surface area contributed by atoms with Crippen LogP contribution < -0.4 is 15.0 Å². The highest BCUT2D eigenvalue weighted by atomic mass is 35.5. The normalized spacial score (nSPS) is 20.3. The van der Waals surface area contributed by atoms with Crippen molar-refractivity contribution in [3.05, 3.63) is 81.9 Å². The van der Waals surface area contributed by atoms with Gasteiger partial charge < -0.3 is 15.0 Å². The first-order chi connectivity index (χ1) is 15.2. The Kier molecular flexibility index (Phi) is 6.85. The quantitative estimate of drug-likeness (QED) is 0.447. The predicted molar refractivity (Wildman–Crippen MR) is 131 cm³/mol. The Morgan fingerprint density at radius 1 is 1.09 bits per heavy atom. The maximum absolute atomic E-state index is 15.2. The summed E-state index contributed by atoms with van der Waals surface area (Å²) >= 11 is 12.8. The Balaban J connectivity index is 1.64. The second-order valence-electron chi connectivity index (χ2n) is 8.87. The number of anilines is 1. The van der Waals surface area contributed by atoms with Crippen LogP contribution in [0.15, 0.2) is 54.9 Å². The predicted octanol–water partition coefficient (Wildman–Crippen LogP) is 7.58. The van der Waals surface area contributed by atoms with Gasteiger partial charge in [0, 0.05) is 44.8 Å². The molecular weight excluding hydrogens is 446 g/mol. The summed E-state index contributed by atoms with van der Waals surface area (Å²) in [5.74, 6) is -0.236. The Hall–Kier alpha value is -2.01. The summed E-state index contributed by atoms with van der Waals surface area (Å²) in [5, 5.41) is 4.92. The largest absolute Gasteiger partial charge is 0.481 e. The van der Waals surface area contributed by atoms with Gasteiger partial charge in [-0.3, -0.25) is 0 Å². The molecule has 32 heavy (non-hydrogen) atoms. The van der Waals surface area contributed by atoms with Crippen LogP contribution in [0.4, 0.5) is 10.1 Å². The van der Waals surface area contributed by atoms with Crippen molar-refractivity contribution in [3.8, 4) is 5.75 Å². The molecule has 0 aromatic heterocycles. The van der Waals surface area contributed by atoms with E-state index in [9.17, 15) is 0 Å². The van der Waals surface area contributed by atoms with E-state index in [1.807, 2.05) is 30.9 Å². The minimum Gasteiger partial charge on any atom is -0.481 e. The lowest BCUT2D eigenvalue weighted by Gasteiger charge is -2.28. The zero-order valence-corrected chi connectivity index (χ0v) is 20.1. The lowest BCUT2D eigenvalue weighted by molar-refractivity contribution is 0.153. The van der Waals surface area contributed by atoms with Gasteiger partial charge in [-0.05, 0) is 62.9 Å². The molecular formula is C26H29Cl2FN2O. The molecule has 2 aromatic rings. The fraction of sp³-hybridized carbons (Fsp3) is 0.385. The van der Waals surface area contributed by atoms with Gasteiger partial charge in [-0.25, -0.2) is 4.39 Å². The topological polar surface area (TPSA) is 24.5 Å². The first-order valence-corrected chi connectivity index (χ1v) is 11.8. The van der Waals surface area contributed by atoms with Gasteiger partial charge in [0.2, 0.25) is 0 Å². The van der Waals surface area contributed by atoms with Crippen molar-refractivity contribution in [2.75, 3.05) is 4.90 Å². The Bertz CT molecular complexity index is 1030. The van der Waals surface area contributed by atoms with Crippen molar-refractivity contribution in [2.24, 2.45) is 0 Å². The van der Waals surface area contributed by atoms with Crippen LogP contribution in [0.1, 0.15) is 56.8 Å². The molecule has 0 heterocycles. The molecule has 2 atom stereocenters. The van der Waals surface area contributed by atoms with Gasteiger partial charge >= 0.3 is 0 Å². The molecule has 170 valence electrons. The van der Waals surface area contributed by atoms with E-state index in [1.165, 1.54) is 18.9 Å². The molecule has 0 amide bonds. The molecule has 0 saturated heterocycles. The number of nitrogens with one attached hydrogen (secondary N) is 1. The van der Waals surface area contributed by atoms with Crippen LogP contribution in [0.25, 0.3) is 0 Å². The Morgan fingerprint density at radius 2 is 1.78 bits per heavy atom. The van der Waals surface area contributed by atoms with Crippen LogP contribution in [0.5, 0.6) is 5.75 Å². The summed E-state index contributed by atoms with van der Waals surface area (Å²) in [6.07, 6.45) is 5.11. The number of hydrogen-bond acceptors (Lipinski definition) is 3. The second kappa shape index (κ2) is 9.46. The van der Waals surface area contributed by atoms with E-state index in [2.05, 4.69) is 18.5 Å². The zero-order valence-electron chi connectivity index (χ0n) is 18.6. The van der Waals surface area contributed by atoms with Crippen molar-refractivity contribution in [1.29, 1.82) is 0 Å². The third-order valence-corrected chi connectivity index (χ3v) is 6.84. The molecule has 2 aliphatic rings. The van der Waals surface area contributed by atoms with Crippen molar-refractivity contribution >= 4 is 28.9 Å². The van der Waals surface area contributed by atoms with Crippen LogP contribution in [-0.4, -0.2) is 12.1 Å². The summed E-state index contributed by atoms with van der Waals surface area (Å²) in [7, 11) is 0. The molecule has 2 aromatic carbocycles. The molecule has 1 fully saturated rings. The molecule has 1 saturated carbocycles. The van der Waals surface area contributed by atoms with Gasteiger partial charge in [-0.15, -0.1) is 0 Å². The summed E-state index contributed by atoms with van der Waals surface area (Å²) in [5.41, 5.74) is 4.13. The lowest BCUT2D eigenvalue weighted by atomic mass is 10.1. The molecule has 6 heteroatoms. The summed E-state index contributed by atoms with van der Waals surface area (Å²) < 4.78 is 21.5. The van der Waals surface area contributed by atoms with Crippen molar-refractivity contribution in [1.82, 2.24) is 5.32 Å². The van der Waals surface area contributed by atoms with Crippen molar-refractivity contribution in [3.63, 3.8) is 0 Å². The first kappa shape index (κ1) is 23.2. The van der Waals surface area contributed by atoms with Crippen molar-refractivity contribution < 1.29 is 9.13 Å². The van der Waals surface area contributed by atoms with Gasteiger partial charge in [0.1, 0.15) is 6.10 Å². The van der Waals surface area contributed by atoms with Crippen LogP contribution in [-0.2, 0) is 6.42 Å². The van der Waals surface area contributed by atoms with Gasteiger partial charge in [0.15, 0.2) is 11.6 Å². The smallest absolute Gasteiger partial charge is 0.167 e. The zero-order chi connectivity index (χ0) is 23.0. The molecule has 4 rings (SSSR count). The minimum atomic E-state index is -0.434. The molecule has 1 unspecified atom stereocenters. The SMILES string of the molecule is C=C(C)N(C(=C)C)c1ccc(O[C@H]2c3cc(Cl)cc(Cl)c3CC2NC2CCCC2)c(F)c1. The fourth-order valence-electron chi connectivity index (χ4n) is 4.95. The lowest BCUT2D eigenvalue weighted by Crippen LogP contribution is -2.41. The number of allylic oxidation sites excluding steroid dienone is 2. The van der Waals surface area contributed by atoms with Gasteiger partial charge in [0.05, 0.1) is 6.04 Å². The average molecular weight is 475 g/mol. The minimum absolute atomic E-state index is 0.00507. The van der Waals surface area contributed by atoms with Crippen LogP contribution in [0, 0.1) is 5.82 Å². The molecule has 0 spiro atoms. The summed E-state index contributed by atoms with van der Waals surface area (Å²) in [6, 6.07) is 9.05. The van der Waals surface area contributed by atoms with E-state index in [1.54, 1.807) is 12.1 Å². The van der Waals surface area contributed by atoms with E-state index in [0.29, 0.717) is 21.8 Å². The van der Waals surface area contributed by atoms with E-state index in [-0.39, 0.29) is 17.9 Å². The van der Waals surface area contributed by atoms with Crippen LogP contribution in [0.2, 0.25) is 10.0 Å². The average Bonchev–Trinajstić information content (AvgIpc) is 3.32. The number of hydrogen-bond donors (Lipinski definition) is 1. The molecule has 0 aliphatic heterocycles. The van der Waals surface area contributed by atoms with Crippen molar-refractivity contribution in [2.45, 2.75) is 64.1 Å². The maximum Gasteiger partial charge on any atom is 0.167 e. The van der Waals surface area contributed by atoms with E-state index < -0.39 is 5.82 Å². The first-order valence-electron chi connectivity index (χ1n) is 11.1. The molecule has 0 bridgehead atoms. The maximum atomic E-state index is 15.2. The van der Waals surface area contributed by atoms with E-state index >= 15 is 4.39 Å².